The summed E-state index contributed by atoms with van der Waals surface area (Å²) in [5.41, 5.74) is 0. The van der Waals surface area contributed by atoms with Crippen LogP contribution >= 0.6 is 0 Å². The summed E-state index contributed by atoms with van der Waals surface area (Å²) in [5.74, 6) is -3.12. The Bertz CT molecular complexity index is 327. The van der Waals surface area contributed by atoms with E-state index in [9.17, 15) is 29.7 Å². The van der Waals surface area contributed by atoms with E-state index in [1.807, 2.05) is 21.1 Å². The zero-order valence-electron chi connectivity index (χ0n) is 15.4. The third-order valence-corrected chi connectivity index (χ3v) is 2.07. The maximum absolute atomic E-state index is 10.0. The molecule has 0 aliphatic rings. The van der Waals surface area contributed by atoms with Gasteiger partial charge in [0, 0.05) is 24.3 Å². The van der Waals surface area contributed by atoms with Gasteiger partial charge < -0.3 is 39.3 Å². The number of hydrogen-bond acceptors (Lipinski definition) is 7. The molecule has 0 aliphatic heterocycles. The van der Waals surface area contributed by atoms with Crippen molar-refractivity contribution in [3.8, 4) is 0 Å². The van der Waals surface area contributed by atoms with E-state index in [0.717, 1.165) is 0 Å². The Morgan fingerprint density at radius 1 is 0.875 bits per heavy atom. The van der Waals surface area contributed by atoms with Gasteiger partial charge in [-0.15, -0.1) is 0 Å². The Morgan fingerprint density at radius 2 is 1.21 bits per heavy atom. The minimum atomic E-state index is -1.20. The molecule has 8 nitrogen and oxygen atoms in total. The van der Waals surface area contributed by atoms with E-state index in [2.05, 4.69) is 0 Å². The number of hydrogen-bond donors (Lipinski definition) is 1. The molecule has 0 aliphatic carbocycles. The number of quaternary nitrogens is 1. The van der Waals surface area contributed by atoms with Gasteiger partial charge in [-0.25, -0.2) is 0 Å². The van der Waals surface area contributed by atoms with Crippen molar-refractivity contribution in [2.24, 2.45) is 0 Å². The van der Waals surface area contributed by atoms with Crippen LogP contribution in [-0.2, 0) is 14.4 Å². The molecule has 0 bridgehead atoms. The van der Waals surface area contributed by atoms with Gasteiger partial charge in [0.05, 0.1) is 21.1 Å². The molecule has 1 unspecified atom stereocenters. The first kappa shape index (κ1) is 31.4. The van der Waals surface area contributed by atoms with Crippen molar-refractivity contribution in [2.75, 3.05) is 27.7 Å². The van der Waals surface area contributed by atoms with Crippen LogP contribution in [0.2, 0.25) is 0 Å². The van der Waals surface area contributed by atoms with Crippen LogP contribution < -0.4 is 15.3 Å². The number of aliphatic carboxylic acids is 3. The van der Waals surface area contributed by atoms with E-state index in [-0.39, 0.29) is 57.0 Å². The number of aliphatic hydroxyl groups excluding tert-OH is 1. The van der Waals surface area contributed by atoms with Crippen LogP contribution in [0, 0.1) is 0 Å². The van der Waals surface area contributed by atoms with E-state index >= 15 is 0 Å². The van der Waals surface area contributed by atoms with Gasteiger partial charge >= 0.3 is 37.7 Å². The van der Waals surface area contributed by atoms with E-state index in [0.29, 0.717) is 23.9 Å². The van der Waals surface area contributed by atoms with E-state index in [1.165, 1.54) is 0 Å². The minimum absolute atomic E-state index is 0. The molecule has 0 aromatic carbocycles. The molecule has 0 spiro atoms. The molecule has 0 rings (SSSR count). The second-order valence-corrected chi connectivity index (χ2v) is 5.95. The molecule has 0 amide bonds. The molecule has 0 radical (unpaired) electrons. The Kier molecular flexibility index (Phi) is 24.7. The molecule has 0 saturated carbocycles. The molecule has 1 N–H and O–H groups in total. The van der Waals surface area contributed by atoms with Gasteiger partial charge in [-0.2, -0.15) is 0 Å². The fourth-order valence-corrected chi connectivity index (χ4v) is 1.30. The van der Waals surface area contributed by atoms with Crippen molar-refractivity contribution in [1.29, 1.82) is 0 Å². The van der Waals surface area contributed by atoms with Gasteiger partial charge in [-0.05, 0) is 12.8 Å². The second-order valence-electron chi connectivity index (χ2n) is 5.95. The second kappa shape index (κ2) is 18.9. The summed E-state index contributed by atoms with van der Waals surface area (Å²) in [4.78, 5) is 29.0. The number of nitrogens with zero attached hydrogens (tertiary/aromatic N) is 1. The predicted octanol–water partition coefficient (Wildman–Crippen LogP) is -3.11. The summed E-state index contributed by atoms with van der Waals surface area (Å²) < 4.78 is 0.550. The molecule has 0 fully saturated rings. The number of carbonyl (C=O) groups excluding carboxylic acids is 3. The molecule has 9 heteroatoms. The third kappa shape index (κ3) is 43.0. The maximum Gasteiger partial charge on any atom is 2.00 e. The van der Waals surface area contributed by atoms with Crippen molar-refractivity contribution in [1.82, 2.24) is 0 Å². The minimum Gasteiger partial charge on any atom is -0.550 e. The molecule has 0 aromatic rings. The van der Waals surface area contributed by atoms with E-state index in [1.54, 1.807) is 13.8 Å². The number of aliphatic hydroxyl groups is 1. The average molecular weight is 375 g/mol. The Labute approximate surface area is 174 Å². The molecular formula is C15H29CaNO7. The number of likely N-dealkylation sites (N-methyl/N-ethyl adjacent to an activating group) is 1. The van der Waals surface area contributed by atoms with Gasteiger partial charge in [-0.1, -0.05) is 26.7 Å². The SMILES string of the molecule is CCCC(=O)[O-].CCCC(=O)[O-].C[N+](C)(C)CC(O)CC(=O)[O-].[Ca+2]. The Hall–Kier alpha value is -0.410. The maximum atomic E-state index is 10.0. The van der Waals surface area contributed by atoms with Gasteiger partial charge in [0.2, 0.25) is 0 Å². The summed E-state index contributed by atoms with van der Waals surface area (Å²) in [6, 6.07) is 0. The van der Waals surface area contributed by atoms with E-state index in [4.69, 9.17) is 5.11 Å². The fraction of sp³-hybridized carbons (Fsp3) is 0.800. The quantitative estimate of drug-likeness (QED) is 0.349. The monoisotopic (exact) mass is 375 g/mol. The molecule has 0 heterocycles. The predicted molar refractivity (Wildman–Crippen MR) is 84.1 cm³/mol. The van der Waals surface area contributed by atoms with Gasteiger partial charge in [-0.3, -0.25) is 0 Å². The Morgan fingerprint density at radius 3 is 1.33 bits per heavy atom. The van der Waals surface area contributed by atoms with Crippen LogP contribution in [0.5, 0.6) is 0 Å². The van der Waals surface area contributed by atoms with Crippen molar-refractivity contribution in [3.63, 3.8) is 0 Å². The normalized spacial score (nSPS) is 10.8. The number of carboxylic acids is 3. The zero-order chi connectivity index (χ0) is 19.1. The van der Waals surface area contributed by atoms with Crippen LogP contribution in [0.25, 0.3) is 0 Å². The molecule has 0 saturated heterocycles. The first-order valence-corrected chi connectivity index (χ1v) is 7.43. The molecule has 1 atom stereocenters. The van der Waals surface area contributed by atoms with Gasteiger partial charge in [0.15, 0.2) is 0 Å². The van der Waals surface area contributed by atoms with Crippen LogP contribution in [0.15, 0.2) is 0 Å². The number of carbonyl (C=O) groups is 3. The first-order valence-electron chi connectivity index (χ1n) is 7.43. The van der Waals surface area contributed by atoms with E-state index < -0.39 is 24.0 Å². The first-order chi connectivity index (χ1) is 10.4. The third-order valence-electron chi connectivity index (χ3n) is 2.07. The van der Waals surface area contributed by atoms with Crippen LogP contribution in [0.4, 0.5) is 0 Å². The zero-order valence-corrected chi connectivity index (χ0v) is 17.6. The van der Waals surface area contributed by atoms with Gasteiger partial charge in [0.1, 0.15) is 12.6 Å². The standard InChI is InChI=1S/C7H15NO3.2C4H8O2.Ca/c1-8(2,3)5-6(9)4-7(10)11;2*1-2-3-4(5)6;/h6,9H,4-5H2,1-3H3;2*2-3H2,1H3,(H,5,6);/q;;;+2/p-2. The van der Waals surface area contributed by atoms with Crippen molar-refractivity contribution in [2.45, 2.75) is 52.1 Å². The van der Waals surface area contributed by atoms with Crippen molar-refractivity contribution in [3.05, 3.63) is 0 Å². The molecule has 138 valence electrons. The van der Waals surface area contributed by atoms with Crippen molar-refractivity contribution < 1.29 is 39.3 Å². The fourth-order valence-electron chi connectivity index (χ4n) is 1.30. The summed E-state index contributed by atoms with van der Waals surface area (Å²) in [5, 5.41) is 38.1. The van der Waals surface area contributed by atoms with Crippen LogP contribution in [0.3, 0.4) is 0 Å². The topological polar surface area (TPSA) is 141 Å². The largest absolute Gasteiger partial charge is 2.00 e. The smallest absolute Gasteiger partial charge is 0.550 e. The number of carboxylic acid groups (broad SMARTS) is 3. The van der Waals surface area contributed by atoms with Crippen molar-refractivity contribution >= 4 is 55.6 Å². The van der Waals surface area contributed by atoms with Crippen LogP contribution in [0.1, 0.15) is 46.0 Å². The van der Waals surface area contributed by atoms with Crippen LogP contribution in [-0.4, -0.2) is 99.0 Å². The summed E-state index contributed by atoms with van der Waals surface area (Å²) >= 11 is 0. The summed E-state index contributed by atoms with van der Waals surface area (Å²) in [6.45, 7) is 4.03. The Balaban J connectivity index is -0.000000132. The molecular weight excluding hydrogens is 346 g/mol. The molecule has 24 heavy (non-hydrogen) atoms. The summed E-state index contributed by atoms with van der Waals surface area (Å²) in [6.07, 6.45) is 0.611. The number of rotatable bonds is 8. The average Bonchev–Trinajstić information content (AvgIpc) is 2.25. The molecule has 0 aromatic heterocycles. The van der Waals surface area contributed by atoms with Gasteiger partial charge in [0.25, 0.3) is 0 Å². The summed E-state index contributed by atoms with van der Waals surface area (Å²) in [7, 11) is 5.66.